The number of hydrogen-bond acceptors (Lipinski definition) is 5. The second-order valence-corrected chi connectivity index (χ2v) is 6.30. The lowest BCUT2D eigenvalue weighted by molar-refractivity contribution is 0.0346. The van der Waals surface area contributed by atoms with Crippen molar-refractivity contribution in [1.29, 1.82) is 0 Å². The van der Waals surface area contributed by atoms with Gasteiger partial charge in [-0.15, -0.1) is 6.58 Å². The minimum atomic E-state index is 0.417. The third-order valence-corrected chi connectivity index (χ3v) is 4.55. The van der Waals surface area contributed by atoms with Gasteiger partial charge in [0.2, 0.25) is 5.95 Å². The van der Waals surface area contributed by atoms with Crippen LogP contribution in [0, 0.1) is 0 Å². The zero-order valence-corrected chi connectivity index (χ0v) is 14.6. The molecule has 0 spiro atoms. The minimum Gasteiger partial charge on any atom is -0.379 e. The van der Waals surface area contributed by atoms with Gasteiger partial charge in [-0.2, -0.15) is 9.97 Å². The average molecular weight is 329 g/mol. The van der Waals surface area contributed by atoms with Crippen LogP contribution in [0.5, 0.6) is 0 Å². The molecule has 0 atom stereocenters. The summed E-state index contributed by atoms with van der Waals surface area (Å²) in [5.41, 5.74) is 0.932. The van der Waals surface area contributed by atoms with Gasteiger partial charge < -0.3 is 19.9 Å². The van der Waals surface area contributed by atoms with Crippen molar-refractivity contribution >= 4 is 22.8 Å². The maximum Gasteiger partial charge on any atom is 0.226 e. The van der Waals surface area contributed by atoms with Crippen LogP contribution in [0.1, 0.15) is 32.6 Å². The van der Waals surface area contributed by atoms with Crippen molar-refractivity contribution in [3.63, 3.8) is 0 Å². The van der Waals surface area contributed by atoms with Gasteiger partial charge in [-0.3, -0.25) is 0 Å². The quantitative estimate of drug-likeness (QED) is 0.763. The molecule has 2 aromatic heterocycles. The van der Waals surface area contributed by atoms with E-state index in [-0.39, 0.29) is 0 Å². The van der Waals surface area contributed by atoms with E-state index in [1.165, 1.54) is 0 Å². The molecule has 24 heavy (non-hydrogen) atoms. The normalized spacial score (nSPS) is 20.9. The molecular weight excluding hydrogens is 302 g/mol. The standard InChI is InChI=1S/C18H27N5O/c1-4-11-19-18-21-16(15-10-12-23(3)17(15)22-18)20-13-6-8-14(9-7-13)24-5-2/h4,10,12-14H,1,5-9,11H2,2-3H3,(H2,19,20,21,22). The van der Waals surface area contributed by atoms with Crippen LogP contribution in [0.2, 0.25) is 0 Å². The number of rotatable bonds is 7. The smallest absolute Gasteiger partial charge is 0.226 e. The lowest BCUT2D eigenvalue weighted by Crippen LogP contribution is -2.30. The van der Waals surface area contributed by atoms with Gasteiger partial charge in [0.05, 0.1) is 11.5 Å². The number of nitrogens with one attached hydrogen (secondary N) is 2. The van der Waals surface area contributed by atoms with Crippen LogP contribution >= 0.6 is 0 Å². The predicted molar refractivity (Wildman–Crippen MR) is 98.5 cm³/mol. The number of hydrogen-bond donors (Lipinski definition) is 2. The molecule has 0 bridgehead atoms. The number of nitrogens with zero attached hydrogens (tertiary/aromatic N) is 3. The molecule has 6 heteroatoms. The van der Waals surface area contributed by atoms with E-state index in [1.54, 1.807) is 6.08 Å². The molecule has 2 heterocycles. The van der Waals surface area contributed by atoms with E-state index >= 15 is 0 Å². The zero-order chi connectivity index (χ0) is 16.9. The first-order valence-corrected chi connectivity index (χ1v) is 8.77. The monoisotopic (exact) mass is 329 g/mol. The van der Waals surface area contributed by atoms with Crippen LogP contribution < -0.4 is 10.6 Å². The first kappa shape index (κ1) is 16.8. The summed E-state index contributed by atoms with van der Waals surface area (Å²) in [5, 5.41) is 7.89. The maximum atomic E-state index is 5.74. The molecule has 1 fully saturated rings. The Kier molecular flexibility index (Phi) is 5.35. The molecular formula is C18H27N5O. The summed E-state index contributed by atoms with van der Waals surface area (Å²) in [6.45, 7) is 7.25. The predicted octanol–water partition coefficient (Wildman–Crippen LogP) is 3.33. The van der Waals surface area contributed by atoms with Gasteiger partial charge in [0.1, 0.15) is 11.5 Å². The topological polar surface area (TPSA) is 64.0 Å². The molecule has 0 unspecified atom stereocenters. The van der Waals surface area contributed by atoms with Crippen LogP contribution in [0.15, 0.2) is 24.9 Å². The first-order valence-electron chi connectivity index (χ1n) is 8.77. The van der Waals surface area contributed by atoms with Crippen molar-refractivity contribution in [2.24, 2.45) is 7.05 Å². The SMILES string of the molecule is C=CCNc1nc(NC2CCC(OCC)CC2)c2ccn(C)c2n1. The lowest BCUT2D eigenvalue weighted by atomic mass is 9.93. The first-order chi connectivity index (χ1) is 11.7. The molecule has 0 aliphatic heterocycles. The summed E-state index contributed by atoms with van der Waals surface area (Å²) in [4.78, 5) is 9.27. The van der Waals surface area contributed by atoms with Crippen molar-refractivity contribution in [3.8, 4) is 0 Å². The molecule has 2 N–H and O–H groups in total. The lowest BCUT2D eigenvalue weighted by Gasteiger charge is -2.29. The minimum absolute atomic E-state index is 0.417. The fraction of sp³-hybridized carbons (Fsp3) is 0.556. The summed E-state index contributed by atoms with van der Waals surface area (Å²) in [6.07, 6.45) is 8.68. The molecule has 1 saturated carbocycles. The fourth-order valence-electron chi connectivity index (χ4n) is 3.29. The summed E-state index contributed by atoms with van der Waals surface area (Å²) >= 11 is 0. The number of ether oxygens (including phenoxy) is 1. The van der Waals surface area contributed by atoms with Crippen molar-refractivity contribution in [1.82, 2.24) is 14.5 Å². The summed E-state index contributed by atoms with van der Waals surface area (Å²) < 4.78 is 7.76. The molecule has 0 amide bonds. The third-order valence-electron chi connectivity index (χ3n) is 4.55. The van der Waals surface area contributed by atoms with Crippen LogP contribution in [0.25, 0.3) is 11.0 Å². The van der Waals surface area contributed by atoms with Gasteiger partial charge in [-0.1, -0.05) is 6.08 Å². The Morgan fingerprint density at radius 2 is 2.12 bits per heavy atom. The highest BCUT2D eigenvalue weighted by Gasteiger charge is 2.22. The molecule has 2 aromatic rings. The van der Waals surface area contributed by atoms with Gasteiger partial charge in [0.25, 0.3) is 0 Å². The summed E-state index contributed by atoms with van der Waals surface area (Å²) in [7, 11) is 2.00. The van der Waals surface area contributed by atoms with Gasteiger partial charge in [-0.25, -0.2) is 0 Å². The van der Waals surface area contributed by atoms with Crippen LogP contribution in [-0.4, -0.2) is 39.8 Å². The van der Waals surface area contributed by atoms with E-state index in [9.17, 15) is 0 Å². The molecule has 0 radical (unpaired) electrons. The van der Waals surface area contributed by atoms with E-state index in [2.05, 4.69) is 40.2 Å². The van der Waals surface area contributed by atoms with Crippen LogP contribution in [0.4, 0.5) is 11.8 Å². The molecule has 0 saturated heterocycles. The highest BCUT2D eigenvalue weighted by Crippen LogP contribution is 2.28. The van der Waals surface area contributed by atoms with Gasteiger partial charge >= 0.3 is 0 Å². The van der Waals surface area contributed by atoms with Crippen molar-refractivity contribution in [3.05, 3.63) is 24.9 Å². The number of fused-ring (bicyclic) bond motifs is 1. The van der Waals surface area contributed by atoms with Crippen molar-refractivity contribution in [2.75, 3.05) is 23.8 Å². The third kappa shape index (κ3) is 3.70. The average Bonchev–Trinajstić information content (AvgIpc) is 2.96. The second-order valence-electron chi connectivity index (χ2n) is 6.30. The Morgan fingerprint density at radius 3 is 2.83 bits per heavy atom. The van der Waals surface area contributed by atoms with Crippen LogP contribution in [-0.2, 0) is 11.8 Å². The van der Waals surface area contributed by atoms with Gasteiger partial charge in [-0.05, 0) is 38.7 Å². The van der Waals surface area contributed by atoms with Crippen molar-refractivity contribution in [2.45, 2.75) is 44.8 Å². The maximum absolute atomic E-state index is 5.74. The molecule has 0 aromatic carbocycles. The molecule has 1 aliphatic carbocycles. The molecule has 130 valence electrons. The number of aromatic nitrogens is 3. The Labute approximate surface area is 143 Å². The number of aryl methyl sites for hydroxylation is 1. The van der Waals surface area contributed by atoms with E-state index in [0.717, 1.165) is 49.1 Å². The highest BCUT2D eigenvalue weighted by atomic mass is 16.5. The van der Waals surface area contributed by atoms with Gasteiger partial charge in [0, 0.05) is 32.4 Å². The molecule has 1 aliphatic rings. The van der Waals surface area contributed by atoms with E-state index in [0.29, 0.717) is 24.6 Å². The van der Waals surface area contributed by atoms with E-state index in [1.807, 2.05) is 17.8 Å². The highest BCUT2D eigenvalue weighted by molar-refractivity contribution is 5.88. The molecule has 6 nitrogen and oxygen atoms in total. The zero-order valence-electron chi connectivity index (χ0n) is 14.6. The summed E-state index contributed by atoms with van der Waals surface area (Å²) in [6, 6.07) is 2.51. The van der Waals surface area contributed by atoms with E-state index < -0.39 is 0 Å². The summed E-state index contributed by atoms with van der Waals surface area (Å²) in [5.74, 6) is 1.54. The largest absolute Gasteiger partial charge is 0.379 e. The Hall–Kier alpha value is -2.08. The molecule has 3 rings (SSSR count). The van der Waals surface area contributed by atoms with Gasteiger partial charge in [0.15, 0.2) is 0 Å². The number of anilines is 2. The van der Waals surface area contributed by atoms with Crippen molar-refractivity contribution < 1.29 is 4.74 Å². The fourth-order valence-corrected chi connectivity index (χ4v) is 3.29. The Balaban J connectivity index is 1.77. The Bertz CT molecular complexity index is 688. The Morgan fingerprint density at radius 1 is 1.33 bits per heavy atom. The second kappa shape index (κ2) is 7.66. The van der Waals surface area contributed by atoms with Crippen LogP contribution in [0.3, 0.4) is 0 Å². The van der Waals surface area contributed by atoms with E-state index in [4.69, 9.17) is 4.74 Å².